The number of benzene rings is 3. The van der Waals surface area contributed by atoms with Gasteiger partial charge in [-0.25, -0.2) is 13.6 Å². The number of phenolic OH excluding ortho intramolecular Hbond substituents is 1. The molecule has 1 aliphatic heterocycles. The predicted molar refractivity (Wildman–Crippen MR) is 141 cm³/mol. The van der Waals surface area contributed by atoms with E-state index in [0.29, 0.717) is 48.4 Å². The van der Waals surface area contributed by atoms with E-state index in [2.05, 4.69) is 0 Å². The van der Waals surface area contributed by atoms with E-state index < -0.39 is 17.2 Å². The number of nitrogens with zero attached hydrogens (tertiary/aromatic N) is 3. The number of hydrogen-bond acceptors (Lipinski definition) is 4. The Bertz CT molecular complexity index is 1550. The molecule has 9 heteroatoms. The Kier molecular flexibility index (Phi) is 6.33. The summed E-state index contributed by atoms with van der Waals surface area (Å²) in [5.74, 6) is -1.19. The van der Waals surface area contributed by atoms with Gasteiger partial charge < -0.3 is 19.7 Å². The molecule has 192 valence electrons. The largest absolute Gasteiger partial charge is 0.507 e. The molecule has 1 aliphatic rings. The van der Waals surface area contributed by atoms with Gasteiger partial charge in [-0.2, -0.15) is 0 Å². The van der Waals surface area contributed by atoms with E-state index in [1.165, 1.54) is 33.4 Å². The third-order valence-electron chi connectivity index (χ3n) is 6.98. The lowest BCUT2D eigenvalue weighted by Crippen LogP contribution is -2.42. The average molecular weight is 526 g/mol. The molecule has 1 fully saturated rings. The smallest absolute Gasteiger partial charge is 0.332 e. The number of phenols is 1. The zero-order valence-corrected chi connectivity index (χ0v) is 21.1. The molecule has 0 unspecified atom stereocenters. The van der Waals surface area contributed by atoms with Gasteiger partial charge in [-0.1, -0.05) is 23.7 Å². The van der Waals surface area contributed by atoms with Gasteiger partial charge in [0.25, 0.3) is 0 Å². The summed E-state index contributed by atoms with van der Waals surface area (Å²) in [5, 5.41) is 21.7. The van der Waals surface area contributed by atoms with E-state index in [9.17, 15) is 23.8 Å². The molecule has 5 rings (SSSR count). The van der Waals surface area contributed by atoms with Gasteiger partial charge in [-0.05, 0) is 67.3 Å². The van der Waals surface area contributed by atoms with Gasteiger partial charge in [-0.15, -0.1) is 0 Å². The minimum atomic E-state index is -0.786. The number of piperidine rings is 1. The maximum atomic E-state index is 14.8. The quantitative estimate of drug-likeness (QED) is 0.369. The van der Waals surface area contributed by atoms with Crippen LogP contribution >= 0.6 is 11.6 Å². The third kappa shape index (κ3) is 4.74. The van der Waals surface area contributed by atoms with Crippen LogP contribution < -0.4 is 10.6 Å². The molecule has 0 radical (unpaired) electrons. The van der Waals surface area contributed by atoms with Crippen LogP contribution in [-0.4, -0.2) is 38.0 Å². The van der Waals surface area contributed by atoms with Crippen molar-refractivity contribution in [2.75, 3.05) is 18.0 Å². The monoisotopic (exact) mass is 525 g/mol. The first-order chi connectivity index (χ1) is 17.5. The fraction of sp³-hybridized carbons (Fsp3) is 0.250. The van der Waals surface area contributed by atoms with Crippen LogP contribution in [0.1, 0.15) is 19.8 Å². The highest BCUT2D eigenvalue weighted by Gasteiger charge is 2.29. The van der Waals surface area contributed by atoms with Crippen LogP contribution in [-0.2, 0) is 7.05 Å². The summed E-state index contributed by atoms with van der Waals surface area (Å²) in [5.41, 5.74) is 1.06. The van der Waals surface area contributed by atoms with E-state index >= 15 is 0 Å². The zero-order valence-electron chi connectivity index (χ0n) is 20.4. The van der Waals surface area contributed by atoms with Crippen LogP contribution in [0.4, 0.5) is 14.5 Å². The summed E-state index contributed by atoms with van der Waals surface area (Å²) in [6, 6.07) is 11.6. The molecule has 1 aromatic heterocycles. The predicted octanol–water partition coefficient (Wildman–Crippen LogP) is 5.50. The van der Waals surface area contributed by atoms with Crippen molar-refractivity contribution >= 4 is 17.3 Å². The van der Waals surface area contributed by atoms with Crippen molar-refractivity contribution in [2.24, 2.45) is 7.05 Å². The maximum absolute atomic E-state index is 14.8. The van der Waals surface area contributed by atoms with Crippen molar-refractivity contribution in [1.82, 2.24) is 9.13 Å². The first-order valence-corrected chi connectivity index (χ1v) is 12.3. The number of anilines is 1. The van der Waals surface area contributed by atoms with E-state index in [1.54, 1.807) is 50.6 Å². The molecular formula is C28H26ClF2N3O3. The maximum Gasteiger partial charge on any atom is 0.332 e. The van der Waals surface area contributed by atoms with Gasteiger partial charge in [-0.3, -0.25) is 4.57 Å². The summed E-state index contributed by atoms with van der Waals surface area (Å²) in [6.45, 7) is 2.71. The lowest BCUT2D eigenvalue weighted by Gasteiger charge is -2.37. The summed E-state index contributed by atoms with van der Waals surface area (Å²) >= 11 is 6.48. The Labute approximate surface area is 217 Å². The number of aromatic nitrogens is 2. The molecule has 0 spiro atoms. The number of aliphatic hydroxyl groups is 1. The third-order valence-corrected chi connectivity index (χ3v) is 7.28. The highest BCUT2D eigenvalue weighted by molar-refractivity contribution is 6.32. The van der Waals surface area contributed by atoms with Crippen LogP contribution in [0.5, 0.6) is 5.75 Å². The van der Waals surface area contributed by atoms with Crippen molar-refractivity contribution in [3.05, 3.63) is 88.1 Å². The van der Waals surface area contributed by atoms with Crippen LogP contribution in [0, 0.1) is 11.6 Å². The van der Waals surface area contributed by atoms with E-state index in [0.717, 1.165) is 0 Å². The number of aromatic hydroxyl groups is 1. The van der Waals surface area contributed by atoms with Gasteiger partial charge >= 0.3 is 5.69 Å². The van der Waals surface area contributed by atoms with E-state index in [-0.39, 0.29) is 27.6 Å². The van der Waals surface area contributed by atoms with Crippen molar-refractivity contribution in [2.45, 2.75) is 25.4 Å². The molecule has 2 heterocycles. The molecule has 3 aromatic carbocycles. The van der Waals surface area contributed by atoms with Crippen LogP contribution in [0.25, 0.3) is 27.9 Å². The summed E-state index contributed by atoms with van der Waals surface area (Å²) in [6.07, 6.45) is 4.20. The Balaban J connectivity index is 1.54. The lowest BCUT2D eigenvalue weighted by atomic mass is 9.93. The number of hydrogen-bond donors (Lipinski definition) is 2. The Morgan fingerprint density at radius 2 is 1.54 bits per heavy atom. The van der Waals surface area contributed by atoms with Crippen molar-refractivity contribution in [1.29, 1.82) is 0 Å². The molecule has 2 N–H and O–H groups in total. The van der Waals surface area contributed by atoms with Gasteiger partial charge in [0.15, 0.2) is 0 Å². The molecule has 0 aliphatic carbocycles. The number of imidazole rings is 1. The molecule has 0 atom stereocenters. The number of rotatable bonds is 4. The highest BCUT2D eigenvalue weighted by atomic mass is 35.5. The number of halogens is 3. The molecule has 1 saturated heterocycles. The summed E-state index contributed by atoms with van der Waals surface area (Å²) < 4.78 is 32.4. The number of aryl methyl sites for hydroxylation is 1. The Hall–Kier alpha value is -3.62. The van der Waals surface area contributed by atoms with Crippen LogP contribution in [0.3, 0.4) is 0 Å². The van der Waals surface area contributed by atoms with Gasteiger partial charge in [0.05, 0.1) is 22.0 Å². The van der Waals surface area contributed by atoms with E-state index in [1.807, 2.05) is 4.90 Å². The second-order valence-electron chi connectivity index (χ2n) is 9.73. The minimum Gasteiger partial charge on any atom is -0.507 e. The fourth-order valence-electron chi connectivity index (χ4n) is 4.71. The Morgan fingerprint density at radius 1 is 0.919 bits per heavy atom. The molecule has 6 nitrogen and oxygen atoms in total. The topological polar surface area (TPSA) is 70.6 Å². The van der Waals surface area contributed by atoms with Crippen molar-refractivity contribution in [3.8, 4) is 33.7 Å². The molecule has 0 bridgehead atoms. The zero-order chi connectivity index (χ0) is 26.5. The second kappa shape index (κ2) is 9.36. The van der Waals surface area contributed by atoms with Gasteiger partial charge in [0.2, 0.25) is 0 Å². The molecule has 4 aromatic rings. The lowest BCUT2D eigenvalue weighted by molar-refractivity contribution is 0.0350. The highest BCUT2D eigenvalue weighted by Crippen LogP contribution is 2.42. The molecule has 0 amide bonds. The normalized spacial score (nSPS) is 15.2. The minimum absolute atomic E-state index is 0.179. The second-order valence-corrected chi connectivity index (χ2v) is 10.1. The Morgan fingerprint density at radius 3 is 2.14 bits per heavy atom. The van der Waals surface area contributed by atoms with Gasteiger partial charge in [0, 0.05) is 43.7 Å². The van der Waals surface area contributed by atoms with Crippen molar-refractivity contribution in [3.63, 3.8) is 0 Å². The molecule has 0 saturated carbocycles. The summed E-state index contributed by atoms with van der Waals surface area (Å²) in [7, 11) is 1.63. The average Bonchev–Trinajstić information content (AvgIpc) is 3.19. The van der Waals surface area contributed by atoms with Crippen LogP contribution in [0.2, 0.25) is 5.02 Å². The van der Waals surface area contributed by atoms with E-state index in [4.69, 9.17) is 11.6 Å². The molecule has 37 heavy (non-hydrogen) atoms. The fourth-order valence-corrected chi connectivity index (χ4v) is 4.98. The SMILES string of the molecule is Cn1ccn(-c2ccc(-c3cc(F)cc(-c4ccc(F)c(N5CCC(C)(O)CC5)c4)c3O)cc2Cl)c1=O. The van der Waals surface area contributed by atoms with Crippen molar-refractivity contribution < 1.29 is 19.0 Å². The molecular weight excluding hydrogens is 500 g/mol. The van der Waals surface area contributed by atoms with Crippen LogP contribution in [0.15, 0.2) is 65.7 Å². The first-order valence-electron chi connectivity index (χ1n) is 11.9. The first kappa shape index (κ1) is 25.0. The standard InChI is InChI=1S/C28H26ClF2N3O3/c1-28(37)7-9-33(10-8-28)25-14-18(3-5-23(25)31)21-16-19(30)15-20(26(21)35)17-4-6-24(22(29)13-17)34-12-11-32(2)27(34)36/h3-6,11-16,35,37H,7-10H2,1-2H3. The van der Waals surface area contributed by atoms with Gasteiger partial charge in [0.1, 0.15) is 17.4 Å². The summed E-state index contributed by atoms with van der Waals surface area (Å²) in [4.78, 5) is 14.2.